The first-order valence-corrected chi connectivity index (χ1v) is 6.42. The highest BCUT2D eigenvalue weighted by Gasteiger charge is 1.99. The quantitative estimate of drug-likeness (QED) is 0.459. The van der Waals surface area contributed by atoms with Crippen molar-refractivity contribution in [3.63, 3.8) is 0 Å². The van der Waals surface area contributed by atoms with Gasteiger partial charge in [-0.2, -0.15) is 0 Å². The smallest absolute Gasteiger partial charge is 0.188 e. The Labute approximate surface area is 110 Å². The summed E-state index contributed by atoms with van der Waals surface area (Å²) in [5, 5.41) is 3.08. The van der Waals surface area contributed by atoms with E-state index in [1.807, 2.05) is 19.9 Å². The summed E-state index contributed by atoms with van der Waals surface area (Å²) in [6.45, 7) is 5.82. The van der Waals surface area contributed by atoms with E-state index in [2.05, 4.69) is 46.5 Å². The molecule has 0 aliphatic carbocycles. The summed E-state index contributed by atoms with van der Waals surface area (Å²) in [6.07, 6.45) is 0.992. The van der Waals surface area contributed by atoms with Crippen LogP contribution < -0.4 is 16.0 Å². The normalized spacial score (nSPS) is 11.7. The van der Waals surface area contributed by atoms with Crippen LogP contribution in [0.3, 0.4) is 0 Å². The number of rotatable bonds is 6. The van der Waals surface area contributed by atoms with Crippen LogP contribution in [0.15, 0.2) is 35.3 Å². The van der Waals surface area contributed by atoms with Crippen LogP contribution in [0.1, 0.15) is 20.3 Å². The summed E-state index contributed by atoms with van der Waals surface area (Å²) >= 11 is 0. The van der Waals surface area contributed by atoms with Gasteiger partial charge in [0.1, 0.15) is 0 Å². The minimum Gasteiger partial charge on any atom is -0.375 e. The molecule has 4 nitrogen and oxygen atoms in total. The molecule has 18 heavy (non-hydrogen) atoms. The Morgan fingerprint density at radius 1 is 1.33 bits per heavy atom. The average molecular weight is 248 g/mol. The van der Waals surface area contributed by atoms with Gasteiger partial charge in [-0.1, -0.05) is 18.2 Å². The highest BCUT2D eigenvalue weighted by Crippen LogP contribution is 2.10. The number of nitrogens with zero attached hydrogens (tertiary/aromatic N) is 2. The van der Waals surface area contributed by atoms with Gasteiger partial charge in [-0.05, 0) is 32.4 Å². The van der Waals surface area contributed by atoms with Crippen molar-refractivity contribution in [1.82, 2.24) is 5.32 Å². The minimum absolute atomic E-state index is 0.334. The molecule has 0 fully saturated rings. The van der Waals surface area contributed by atoms with Crippen molar-refractivity contribution in [2.45, 2.75) is 26.3 Å². The molecule has 0 bridgehead atoms. The molecule has 1 rings (SSSR count). The lowest BCUT2D eigenvalue weighted by Gasteiger charge is -2.18. The number of nitrogens with two attached hydrogens (primary N) is 1. The van der Waals surface area contributed by atoms with Crippen LogP contribution >= 0.6 is 0 Å². The Bertz CT molecular complexity index is 359. The van der Waals surface area contributed by atoms with Gasteiger partial charge in [-0.25, -0.2) is 0 Å². The molecule has 1 aromatic rings. The molecule has 1 aromatic carbocycles. The second kappa shape index (κ2) is 7.58. The fourth-order valence-electron chi connectivity index (χ4n) is 1.66. The lowest BCUT2D eigenvalue weighted by molar-refractivity contribution is 0.718. The summed E-state index contributed by atoms with van der Waals surface area (Å²) in [6, 6.07) is 10.7. The molecule has 0 heterocycles. The van der Waals surface area contributed by atoms with E-state index in [1.54, 1.807) is 0 Å². The van der Waals surface area contributed by atoms with Gasteiger partial charge >= 0.3 is 0 Å². The third-order valence-electron chi connectivity index (χ3n) is 2.57. The molecule has 0 aromatic heterocycles. The van der Waals surface area contributed by atoms with Gasteiger partial charge in [0.05, 0.1) is 0 Å². The summed E-state index contributed by atoms with van der Waals surface area (Å²) < 4.78 is 0. The Hall–Kier alpha value is -1.71. The molecule has 0 saturated carbocycles. The van der Waals surface area contributed by atoms with Crippen molar-refractivity contribution < 1.29 is 0 Å². The third-order valence-corrected chi connectivity index (χ3v) is 2.57. The van der Waals surface area contributed by atoms with E-state index in [1.165, 1.54) is 5.69 Å². The Morgan fingerprint density at radius 3 is 2.61 bits per heavy atom. The predicted molar refractivity (Wildman–Crippen MR) is 79.1 cm³/mol. The topological polar surface area (TPSA) is 53.6 Å². The SMILES string of the molecule is CC(C)NC(N)=NCCCN(C)c1ccccc1. The molecule has 0 spiro atoms. The first-order chi connectivity index (χ1) is 8.59. The zero-order valence-electron chi connectivity index (χ0n) is 11.6. The van der Waals surface area contributed by atoms with Crippen molar-refractivity contribution >= 4 is 11.6 Å². The van der Waals surface area contributed by atoms with Gasteiger partial charge in [0.25, 0.3) is 0 Å². The molecule has 4 heteroatoms. The maximum Gasteiger partial charge on any atom is 0.188 e. The summed E-state index contributed by atoms with van der Waals surface area (Å²) in [5.74, 6) is 0.535. The van der Waals surface area contributed by atoms with Gasteiger partial charge in [0.2, 0.25) is 0 Å². The van der Waals surface area contributed by atoms with Gasteiger partial charge in [0.15, 0.2) is 5.96 Å². The standard InChI is InChI=1S/C14H24N4/c1-12(2)17-14(15)16-10-7-11-18(3)13-8-5-4-6-9-13/h4-6,8-9,12H,7,10-11H2,1-3H3,(H3,15,16,17). The van der Waals surface area contributed by atoms with Crippen LogP contribution in [0.4, 0.5) is 5.69 Å². The van der Waals surface area contributed by atoms with Crippen LogP contribution in [-0.2, 0) is 0 Å². The van der Waals surface area contributed by atoms with Gasteiger partial charge in [0, 0.05) is 31.9 Å². The lowest BCUT2D eigenvalue weighted by atomic mass is 10.3. The molecule has 0 amide bonds. The number of hydrogen-bond donors (Lipinski definition) is 2. The number of benzene rings is 1. The fourth-order valence-corrected chi connectivity index (χ4v) is 1.66. The van der Waals surface area contributed by atoms with Crippen molar-refractivity contribution in [2.24, 2.45) is 10.7 Å². The average Bonchev–Trinajstić information content (AvgIpc) is 2.34. The number of para-hydroxylation sites is 1. The van der Waals surface area contributed by atoms with Crippen molar-refractivity contribution in [1.29, 1.82) is 0 Å². The molecular formula is C14H24N4. The zero-order chi connectivity index (χ0) is 13.4. The number of aliphatic imine (C=N–C) groups is 1. The van der Waals surface area contributed by atoms with Crippen LogP contribution in [0.25, 0.3) is 0 Å². The fraction of sp³-hybridized carbons (Fsp3) is 0.500. The maximum atomic E-state index is 5.73. The van der Waals surface area contributed by atoms with E-state index < -0.39 is 0 Å². The number of hydrogen-bond acceptors (Lipinski definition) is 2. The van der Waals surface area contributed by atoms with Crippen molar-refractivity contribution in [2.75, 3.05) is 25.0 Å². The molecule has 100 valence electrons. The largest absolute Gasteiger partial charge is 0.375 e. The van der Waals surface area contributed by atoms with E-state index in [9.17, 15) is 0 Å². The lowest BCUT2D eigenvalue weighted by Crippen LogP contribution is -2.36. The molecule has 0 aliphatic rings. The van der Waals surface area contributed by atoms with Crippen molar-refractivity contribution in [3.8, 4) is 0 Å². The predicted octanol–water partition coefficient (Wildman–Crippen LogP) is 1.83. The zero-order valence-corrected chi connectivity index (χ0v) is 11.6. The number of nitrogens with one attached hydrogen (secondary N) is 1. The molecular weight excluding hydrogens is 224 g/mol. The Kier molecular flexibility index (Phi) is 6.05. The van der Waals surface area contributed by atoms with Crippen LogP contribution in [0, 0.1) is 0 Å². The Morgan fingerprint density at radius 2 is 2.00 bits per heavy atom. The van der Waals surface area contributed by atoms with E-state index >= 15 is 0 Å². The summed E-state index contributed by atoms with van der Waals surface area (Å²) in [7, 11) is 2.09. The van der Waals surface area contributed by atoms with E-state index in [-0.39, 0.29) is 0 Å². The number of anilines is 1. The molecule has 3 N–H and O–H groups in total. The summed E-state index contributed by atoms with van der Waals surface area (Å²) in [4.78, 5) is 6.51. The molecule has 0 unspecified atom stereocenters. The minimum atomic E-state index is 0.334. The van der Waals surface area contributed by atoms with Crippen LogP contribution in [-0.4, -0.2) is 32.1 Å². The third kappa shape index (κ3) is 5.57. The molecule has 0 atom stereocenters. The second-order valence-electron chi connectivity index (χ2n) is 4.68. The second-order valence-corrected chi connectivity index (χ2v) is 4.68. The molecule has 0 saturated heterocycles. The number of guanidine groups is 1. The van der Waals surface area contributed by atoms with Crippen molar-refractivity contribution in [3.05, 3.63) is 30.3 Å². The molecule has 0 radical (unpaired) electrons. The van der Waals surface area contributed by atoms with Gasteiger partial charge in [-0.3, -0.25) is 4.99 Å². The van der Waals surface area contributed by atoms with E-state index in [0.717, 1.165) is 19.5 Å². The maximum absolute atomic E-state index is 5.73. The van der Waals surface area contributed by atoms with E-state index in [0.29, 0.717) is 12.0 Å². The van der Waals surface area contributed by atoms with E-state index in [4.69, 9.17) is 5.73 Å². The van der Waals surface area contributed by atoms with Gasteiger partial charge < -0.3 is 16.0 Å². The monoisotopic (exact) mass is 248 g/mol. The first-order valence-electron chi connectivity index (χ1n) is 6.42. The first kappa shape index (κ1) is 14.4. The summed E-state index contributed by atoms with van der Waals surface area (Å²) in [5.41, 5.74) is 6.96. The Balaban J connectivity index is 2.26. The van der Waals surface area contributed by atoms with Crippen LogP contribution in [0.2, 0.25) is 0 Å². The van der Waals surface area contributed by atoms with Gasteiger partial charge in [-0.15, -0.1) is 0 Å². The highest BCUT2D eigenvalue weighted by molar-refractivity contribution is 5.78. The van der Waals surface area contributed by atoms with Crippen LogP contribution in [0.5, 0.6) is 0 Å². The molecule has 0 aliphatic heterocycles. The highest BCUT2D eigenvalue weighted by atomic mass is 15.1.